The molecule has 4 aliphatic rings. The lowest BCUT2D eigenvalue weighted by atomic mass is 9.60. The molecule has 0 saturated heterocycles. The van der Waals surface area contributed by atoms with Crippen molar-refractivity contribution in [1.29, 1.82) is 0 Å². The van der Waals surface area contributed by atoms with E-state index in [0.29, 0.717) is 11.8 Å². The zero-order valence-electron chi connectivity index (χ0n) is 11.0. The van der Waals surface area contributed by atoms with Gasteiger partial charge in [0.25, 0.3) is 0 Å². The van der Waals surface area contributed by atoms with Crippen LogP contribution < -0.4 is 0 Å². The molecule has 0 amide bonds. The maximum absolute atomic E-state index is 11.9. The Kier molecular flexibility index (Phi) is 1.67. The van der Waals surface area contributed by atoms with Crippen molar-refractivity contribution in [2.24, 2.45) is 35.0 Å². The summed E-state index contributed by atoms with van der Waals surface area (Å²) in [4.78, 5) is 11.9. The highest BCUT2D eigenvalue weighted by atomic mass is 16.6. The molecule has 94 valence electrons. The first-order valence-corrected chi connectivity index (χ1v) is 7.20. The van der Waals surface area contributed by atoms with Gasteiger partial charge in [-0.05, 0) is 55.8 Å². The van der Waals surface area contributed by atoms with Gasteiger partial charge in [-0.25, -0.2) is 0 Å². The minimum Gasteiger partial charge on any atom is -0.459 e. The lowest BCUT2D eigenvalue weighted by Crippen LogP contribution is -2.48. The van der Waals surface area contributed by atoms with E-state index in [1.807, 2.05) is 13.8 Å². The molecule has 0 heterocycles. The molecular weight excluding hydrogens is 212 g/mol. The van der Waals surface area contributed by atoms with Crippen molar-refractivity contribution in [3.05, 3.63) is 0 Å². The smallest absolute Gasteiger partial charge is 0.308 e. The van der Waals surface area contributed by atoms with Gasteiger partial charge in [0.2, 0.25) is 0 Å². The summed E-state index contributed by atoms with van der Waals surface area (Å²) in [5, 5.41) is 0. The topological polar surface area (TPSA) is 26.3 Å². The molecule has 0 aromatic carbocycles. The first-order chi connectivity index (χ1) is 7.97. The fraction of sp³-hybridized carbons (Fsp3) is 0.933. The molecule has 0 aliphatic heterocycles. The van der Waals surface area contributed by atoms with Crippen LogP contribution >= 0.6 is 0 Å². The van der Waals surface area contributed by atoms with Gasteiger partial charge in [-0.1, -0.05) is 13.8 Å². The molecule has 6 atom stereocenters. The molecule has 6 unspecified atom stereocenters. The Bertz CT molecular complexity index is 393. The van der Waals surface area contributed by atoms with Gasteiger partial charge in [0.05, 0.1) is 5.92 Å². The Morgan fingerprint density at radius 1 is 1.18 bits per heavy atom. The number of carbonyl (C=O) groups excluding carboxylic acids is 1. The summed E-state index contributed by atoms with van der Waals surface area (Å²) >= 11 is 0. The minimum atomic E-state index is -0.120. The summed E-state index contributed by atoms with van der Waals surface area (Å²) in [5.74, 6) is 3.25. The zero-order chi connectivity index (χ0) is 12.0. The highest BCUT2D eigenvalue weighted by Gasteiger charge is 2.79. The third-order valence-corrected chi connectivity index (χ3v) is 6.55. The molecule has 4 saturated carbocycles. The van der Waals surface area contributed by atoms with Crippen molar-refractivity contribution in [2.45, 2.75) is 52.1 Å². The van der Waals surface area contributed by atoms with Gasteiger partial charge in [0.15, 0.2) is 0 Å². The predicted octanol–water partition coefficient (Wildman–Crippen LogP) is 3.01. The third kappa shape index (κ3) is 1.02. The second-order valence-electron chi connectivity index (χ2n) is 7.48. The number of esters is 1. The minimum absolute atomic E-state index is 0.00896. The normalized spacial score (nSPS) is 57.4. The van der Waals surface area contributed by atoms with E-state index in [-0.39, 0.29) is 17.5 Å². The number of hydrogen-bond donors (Lipinski definition) is 0. The summed E-state index contributed by atoms with van der Waals surface area (Å²) in [6, 6.07) is 0. The maximum Gasteiger partial charge on any atom is 0.308 e. The van der Waals surface area contributed by atoms with Crippen LogP contribution in [0.1, 0.15) is 46.5 Å². The standard InChI is InChI=1S/C15H22O2/c1-8(2)13(16)17-14(3)9-4-10-6-15(10)7-12(14)11(15)5-9/h8-12H,4-7H2,1-3H3. The summed E-state index contributed by atoms with van der Waals surface area (Å²) in [6.07, 6.45) is 5.50. The van der Waals surface area contributed by atoms with E-state index in [0.717, 1.165) is 17.3 Å². The van der Waals surface area contributed by atoms with Gasteiger partial charge in [-0.3, -0.25) is 4.79 Å². The fourth-order valence-electron chi connectivity index (χ4n) is 5.38. The molecule has 2 heteroatoms. The highest BCUT2D eigenvalue weighted by Crippen LogP contribution is 2.83. The van der Waals surface area contributed by atoms with Crippen LogP contribution in [-0.2, 0) is 9.53 Å². The summed E-state index contributed by atoms with van der Waals surface area (Å²) in [7, 11) is 0. The second kappa shape index (κ2) is 2.73. The zero-order valence-corrected chi connectivity index (χ0v) is 11.0. The van der Waals surface area contributed by atoms with Gasteiger partial charge in [0.1, 0.15) is 5.60 Å². The maximum atomic E-state index is 11.9. The molecule has 1 spiro atoms. The van der Waals surface area contributed by atoms with Crippen LogP contribution in [0.2, 0.25) is 0 Å². The van der Waals surface area contributed by atoms with E-state index < -0.39 is 0 Å². The average molecular weight is 234 g/mol. The number of ether oxygens (including phenoxy) is 1. The predicted molar refractivity (Wildman–Crippen MR) is 64.2 cm³/mol. The van der Waals surface area contributed by atoms with Crippen molar-refractivity contribution in [2.75, 3.05) is 0 Å². The number of hydrogen-bond acceptors (Lipinski definition) is 2. The Balaban J connectivity index is 1.61. The van der Waals surface area contributed by atoms with Crippen molar-refractivity contribution in [1.82, 2.24) is 0 Å². The SMILES string of the molecule is CC(C)C(=O)OC1(C)C2CC3CC34CC1C4C2. The first kappa shape index (κ1) is 10.4. The van der Waals surface area contributed by atoms with Crippen LogP contribution in [-0.4, -0.2) is 11.6 Å². The molecule has 4 rings (SSSR count). The molecule has 17 heavy (non-hydrogen) atoms. The molecule has 0 aromatic heterocycles. The van der Waals surface area contributed by atoms with Crippen molar-refractivity contribution >= 4 is 5.97 Å². The number of rotatable bonds is 2. The Morgan fingerprint density at radius 2 is 1.94 bits per heavy atom. The van der Waals surface area contributed by atoms with Crippen LogP contribution in [0, 0.1) is 35.0 Å². The lowest BCUT2D eigenvalue weighted by molar-refractivity contribution is -0.176. The van der Waals surface area contributed by atoms with Gasteiger partial charge in [-0.2, -0.15) is 0 Å². The largest absolute Gasteiger partial charge is 0.459 e. The van der Waals surface area contributed by atoms with E-state index in [4.69, 9.17) is 4.74 Å². The van der Waals surface area contributed by atoms with Gasteiger partial charge < -0.3 is 4.74 Å². The fourth-order valence-corrected chi connectivity index (χ4v) is 5.38. The Labute approximate surface area is 103 Å². The number of carbonyl (C=O) groups is 1. The highest BCUT2D eigenvalue weighted by molar-refractivity contribution is 5.72. The van der Waals surface area contributed by atoms with E-state index in [9.17, 15) is 4.79 Å². The molecule has 0 radical (unpaired) electrons. The second-order valence-corrected chi connectivity index (χ2v) is 7.48. The van der Waals surface area contributed by atoms with Crippen LogP contribution in [0.15, 0.2) is 0 Å². The van der Waals surface area contributed by atoms with E-state index in [1.165, 1.54) is 25.7 Å². The molecule has 4 fully saturated rings. The van der Waals surface area contributed by atoms with Crippen LogP contribution in [0.3, 0.4) is 0 Å². The van der Waals surface area contributed by atoms with Crippen molar-refractivity contribution < 1.29 is 9.53 Å². The average Bonchev–Trinajstić information content (AvgIpc) is 2.93. The molecule has 2 nitrogen and oxygen atoms in total. The Hall–Kier alpha value is -0.530. The summed E-state index contributed by atoms with van der Waals surface area (Å²) in [5.41, 5.74) is 0.619. The van der Waals surface area contributed by atoms with Gasteiger partial charge in [0, 0.05) is 5.92 Å². The van der Waals surface area contributed by atoms with Crippen molar-refractivity contribution in [3.63, 3.8) is 0 Å². The molecule has 2 bridgehead atoms. The quantitative estimate of drug-likeness (QED) is 0.686. The molecule has 4 aliphatic carbocycles. The summed E-state index contributed by atoms with van der Waals surface area (Å²) in [6.45, 7) is 6.10. The van der Waals surface area contributed by atoms with Crippen LogP contribution in [0.5, 0.6) is 0 Å². The monoisotopic (exact) mass is 234 g/mol. The lowest BCUT2D eigenvalue weighted by Gasteiger charge is -2.47. The molecular formula is C15H22O2. The van der Waals surface area contributed by atoms with E-state index in [2.05, 4.69) is 6.92 Å². The molecule has 0 aromatic rings. The van der Waals surface area contributed by atoms with Crippen molar-refractivity contribution in [3.8, 4) is 0 Å². The van der Waals surface area contributed by atoms with E-state index in [1.54, 1.807) is 0 Å². The van der Waals surface area contributed by atoms with Gasteiger partial charge in [-0.15, -0.1) is 0 Å². The van der Waals surface area contributed by atoms with Gasteiger partial charge >= 0.3 is 5.97 Å². The third-order valence-electron chi connectivity index (χ3n) is 6.55. The summed E-state index contributed by atoms with van der Waals surface area (Å²) < 4.78 is 5.95. The first-order valence-electron chi connectivity index (χ1n) is 7.20. The molecule has 0 N–H and O–H groups in total. The number of fused-ring (bicyclic) bond motifs is 1. The Morgan fingerprint density at radius 3 is 2.65 bits per heavy atom. The van der Waals surface area contributed by atoms with Crippen LogP contribution in [0.25, 0.3) is 0 Å². The van der Waals surface area contributed by atoms with E-state index >= 15 is 0 Å². The van der Waals surface area contributed by atoms with Crippen LogP contribution in [0.4, 0.5) is 0 Å².